The Balaban J connectivity index is 2.51. The molecule has 1 unspecified atom stereocenters. The van der Waals surface area contributed by atoms with E-state index in [4.69, 9.17) is 5.73 Å². The molecule has 1 saturated heterocycles. The zero-order valence-corrected chi connectivity index (χ0v) is 9.88. The van der Waals surface area contributed by atoms with Crippen LogP contribution in [0.5, 0.6) is 0 Å². The number of likely N-dealkylation sites (tertiary alicyclic amines) is 1. The van der Waals surface area contributed by atoms with Crippen molar-refractivity contribution in [1.82, 2.24) is 4.90 Å². The average molecular weight is 200 g/mol. The first-order chi connectivity index (χ1) is 6.27. The summed E-state index contributed by atoms with van der Waals surface area (Å²) in [6.07, 6.45) is -0.198. The molecule has 14 heavy (non-hydrogen) atoms. The topological polar surface area (TPSA) is 49.5 Å². The summed E-state index contributed by atoms with van der Waals surface area (Å²) in [6.45, 7) is 12.0. The summed E-state index contributed by atoms with van der Waals surface area (Å²) in [4.78, 5) is 2.32. The summed E-state index contributed by atoms with van der Waals surface area (Å²) in [6, 6.07) is 0. The van der Waals surface area contributed by atoms with Crippen molar-refractivity contribution in [2.75, 3.05) is 26.2 Å². The van der Waals surface area contributed by atoms with Crippen molar-refractivity contribution in [2.24, 2.45) is 16.6 Å². The number of rotatable bonds is 3. The molecule has 1 aliphatic rings. The molecule has 0 spiro atoms. The predicted octanol–water partition coefficient (Wildman–Crippen LogP) is 0.674. The van der Waals surface area contributed by atoms with E-state index < -0.39 is 0 Å². The van der Waals surface area contributed by atoms with Gasteiger partial charge in [0.05, 0.1) is 6.10 Å². The summed E-state index contributed by atoms with van der Waals surface area (Å²) >= 11 is 0. The highest BCUT2D eigenvalue weighted by molar-refractivity contribution is 4.92. The number of nitrogens with two attached hydrogens (primary N) is 1. The fourth-order valence-corrected chi connectivity index (χ4v) is 2.03. The van der Waals surface area contributed by atoms with Crippen molar-refractivity contribution >= 4 is 0 Å². The minimum absolute atomic E-state index is 0.0324. The van der Waals surface area contributed by atoms with Crippen molar-refractivity contribution in [3.05, 3.63) is 0 Å². The van der Waals surface area contributed by atoms with Crippen LogP contribution in [-0.2, 0) is 0 Å². The second kappa shape index (κ2) is 3.80. The second-order valence-corrected chi connectivity index (χ2v) is 6.04. The Morgan fingerprint density at radius 1 is 1.50 bits per heavy atom. The first-order valence-electron chi connectivity index (χ1n) is 5.37. The molecular weight excluding hydrogens is 176 g/mol. The van der Waals surface area contributed by atoms with E-state index in [1.807, 2.05) is 0 Å². The standard InChI is InChI=1S/C11H24N2O/c1-10(2,6-12)7-13-5-9(14)11(3,4)8-13/h9,14H,5-8,12H2,1-4H3. The molecule has 1 fully saturated rings. The Morgan fingerprint density at radius 2 is 2.07 bits per heavy atom. The van der Waals surface area contributed by atoms with E-state index in [2.05, 4.69) is 32.6 Å². The summed E-state index contributed by atoms with van der Waals surface area (Å²) in [5, 5.41) is 9.82. The van der Waals surface area contributed by atoms with Crippen LogP contribution in [0.1, 0.15) is 27.7 Å². The highest BCUT2D eigenvalue weighted by Crippen LogP contribution is 2.31. The van der Waals surface area contributed by atoms with Crippen LogP contribution in [0.15, 0.2) is 0 Å². The van der Waals surface area contributed by atoms with Crippen LogP contribution in [0.2, 0.25) is 0 Å². The van der Waals surface area contributed by atoms with Gasteiger partial charge in [0.2, 0.25) is 0 Å². The van der Waals surface area contributed by atoms with Crippen molar-refractivity contribution in [3.8, 4) is 0 Å². The van der Waals surface area contributed by atoms with Gasteiger partial charge < -0.3 is 10.8 Å². The van der Waals surface area contributed by atoms with E-state index >= 15 is 0 Å². The molecule has 84 valence electrons. The van der Waals surface area contributed by atoms with Crippen molar-refractivity contribution < 1.29 is 5.11 Å². The molecule has 0 saturated carbocycles. The zero-order chi connectivity index (χ0) is 11.0. The van der Waals surface area contributed by atoms with Gasteiger partial charge in [0.25, 0.3) is 0 Å². The van der Waals surface area contributed by atoms with E-state index in [-0.39, 0.29) is 16.9 Å². The number of aliphatic hydroxyl groups is 1. The van der Waals surface area contributed by atoms with Crippen molar-refractivity contribution in [3.63, 3.8) is 0 Å². The number of hydrogen-bond acceptors (Lipinski definition) is 3. The Kier molecular flexibility index (Phi) is 3.24. The molecule has 3 N–H and O–H groups in total. The van der Waals surface area contributed by atoms with E-state index in [1.165, 1.54) is 0 Å². The quantitative estimate of drug-likeness (QED) is 0.704. The number of nitrogens with zero attached hydrogens (tertiary/aromatic N) is 1. The van der Waals surface area contributed by atoms with Gasteiger partial charge in [-0.1, -0.05) is 27.7 Å². The third kappa shape index (κ3) is 2.69. The molecule has 0 aromatic carbocycles. The van der Waals surface area contributed by atoms with Crippen LogP contribution in [0, 0.1) is 10.8 Å². The Hall–Kier alpha value is -0.120. The lowest BCUT2D eigenvalue weighted by Crippen LogP contribution is -2.38. The van der Waals surface area contributed by atoms with Crippen molar-refractivity contribution in [1.29, 1.82) is 0 Å². The molecule has 3 nitrogen and oxygen atoms in total. The van der Waals surface area contributed by atoms with Crippen LogP contribution in [0.4, 0.5) is 0 Å². The third-order valence-electron chi connectivity index (χ3n) is 3.17. The van der Waals surface area contributed by atoms with E-state index in [0.717, 1.165) is 19.6 Å². The van der Waals surface area contributed by atoms with Gasteiger partial charge in [-0.3, -0.25) is 4.90 Å². The van der Waals surface area contributed by atoms with Gasteiger partial charge in [0.15, 0.2) is 0 Å². The fraction of sp³-hybridized carbons (Fsp3) is 1.00. The maximum absolute atomic E-state index is 9.82. The SMILES string of the molecule is CC(C)(CN)CN1CC(O)C(C)(C)C1. The monoisotopic (exact) mass is 200 g/mol. The summed E-state index contributed by atoms with van der Waals surface area (Å²) in [7, 11) is 0. The Labute approximate surface area is 87.3 Å². The van der Waals surface area contributed by atoms with E-state index in [9.17, 15) is 5.11 Å². The number of aliphatic hydroxyl groups excluding tert-OH is 1. The molecule has 3 heteroatoms. The Morgan fingerprint density at radius 3 is 2.43 bits per heavy atom. The smallest absolute Gasteiger partial charge is 0.0730 e. The highest BCUT2D eigenvalue weighted by Gasteiger charge is 2.39. The molecule has 0 aliphatic carbocycles. The molecule has 0 bridgehead atoms. The lowest BCUT2D eigenvalue weighted by molar-refractivity contribution is 0.0950. The minimum atomic E-state index is -0.198. The maximum Gasteiger partial charge on any atom is 0.0730 e. The van der Waals surface area contributed by atoms with Gasteiger partial charge >= 0.3 is 0 Å². The Bertz CT molecular complexity index is 201. The van der Waals surface area contributed by atoms with Crippen LogP contribution in [0.25, 0.3) is 0 Å². The van der Waals surface area contributed by atoms with Gasteiger partial charge in [-0.25, -0.2) is 0 Å². The third-order valence-corrected chi connectivity index (χ3v) is 3.17. The molecule has 0 aromatic rings. The molecule has 1 heterocycles. The zero-order valence-electron chi connectivity index (χ0n) is 9.88. The molecule has 0 radical (unpaired) electrons. The average Bonchev–Trinajstić information content (AvgIpc) is 2.24. The van der Waals surface area contributed by atoms with Gasteiger partial charge in [-0.15, -0.1) is 0 Å². The minimum Gasteiger partial charge on any atom is -0.391 e. The predicted molar refractivity (Wildman–Crippen MR) is 59.1 cm³/mol. The van der Waals surface area contributed by atoms with Gasteiger partial charge in [-0.05, 0) is 12.0 Å². The number of β-amino-alcohol motifs (C(OH)–C–C–N with tert-alkyl or cyclic N) is 1. The summed E-state index contributed by atoms with van der Waals surface area (Å²) < 4.78 is 0. The highest BCUT2D eigenvalue weighted by atomic mass is 16.3. The molecule has 0 aromatic heterocycles. The summed E-state index contributed by atoms with van der Waals surface area (Å²) in [5.74, 6) is 0. The first-order valence-corrected chi connectivity index (χ1v) is 5.37. The molecular formula is C11H24N2O. The molecule has 1 aliphatic heterocycles. The first kappa shape index (κ1) is 12.0. The van der Waals surface area contributed by atoms with Crippen LogP contribution < -0.4 is 5.73 Å². The molecule has 0 amide bonds. The van der Waals surface area contributed by atoms with Crippen molar-refractivity contribution in [2.45, 2.75) is 33.8 Å². The van der Waals surface area contributed by atoms with Gasteiger partial charge in [0, 0.05) is 25.0 Å². The fourth-order valence-electron chi connectivity index (χ4n) is 2.03. The van der Waals surface area contributed by atoms with Gasteiger partial charge in [0.1, 0.15) is 0 Å². The number of hydrogen-bond donors (Lipinski definition) is 2. The van der Waals surface area contributed by atoms with E-state index in [1.54, 1.807) is 0 Å². The molecule has 1 rings (SSSR count). The van der Waals surface area contributed by atoms with E-state index in [0.29, 0.717) is 6.54 Å². The molecule has 1 atom stereocenters. The lowest BCUT2D eigenvalue weighted by atomic mass is 9.90. The van der Waals surface area contributed by atoms with Crippen LogP contribution >= 0.6 is 0 Å². The maximum atomic E-state index is 9.82. The normalized spacial score (nSPS) is 28.3. The van der Waals surface area contributed by atoms with Gasteiger partial charge in [-0.2, -0.15) is 0 Å². The van der Waals surface area contributed by atoms with Crippen LogP contribution in [0.3, 0.4) is 0 Å². The lowest BCUT2D eigenvalue weighted by Gasteiger charge is -2.29. The second-order valence-electron chi connectivity index (χ2n) is 6.04. The summed E-state index contributed by atoms with van der Waals surface area (Å²) in [5.41, 5.74) is 5.88. The van der Waals surface area contributed by atoms with Crippen LogP contribution in [-0.4, -0.2) is 42.3 Å². The largest absolute Gasteiger partial charge is 0.391 e.